The SMILES string of the molecule is COC(=O)C[C@@H](NC(=O)c1ccc(-c2ccccc2)cc1)C(=O)OC. The molecule has 0 spiro atoms. The molecule has 1 atom stereocenters. The molecule has 0 fully saturated rings. The molecule has 0 aromatic heterocycles. The molecule has 25 heavy (non-hydrogen) atoms. The van der Waals surface area contributed by atoms with Crippen molar-refractivity contribution in [2.75, 3.05) is 14.2 Å². The van der Waals surface area contributed by atoms with E-state index in [1.807, 2.05) is 42.5 Å². The maximum Gasteiger partial charge on any atom is 0.328 e. The molecule has 1 N–H and O–H groups in total. The van der Waals surface area contributed by atoms with Gasteiger partial charge in [-0.1, -0.05) is 42.5 Å². The largest absolute Gasteiger partial charge is 0.469 e. The summed E-state index contributed by atoms with van der Waals surface area (Å²) in [6.07, 6.45) is -0.295. The Morgan fingerprint density at radius 3 is 2.04 bits per heavy atom. The van der Waals surface area contributed by atoms with Gasteiger partial charge in [0.15, 0.2) is 0 Å². The Morgan fingerprint density at radius 2 is 1.48 bits per heavy atom. The van der Waals surface area contributed by atoms with Gasteiger partial charge in [0.25, 0.3) is 5.91 Å². The lowest BCUT2D eigenvalue weighted by Gasteiger charge is -2.15. The Balaban J connectivity index is 2.10. The maximum absolute atomic E-state index is 12.3. The van der Waals surface area contributed by atoms with Crippen LogP contribution in [0.25, 0.3) is 11.1 Å². The normalized spacial score (nSPS) is 11.3. The summed E-state index contributed by atoms with van der Waals surface area (Å²) in [5, 5.41) is 2.49. The average Bonchev–Trinajstić information content (AvgIpc) is 2.67. The molecule has 2 rings (SSSR count). The average molecular weight is 341 g/mol. The summed E-state index contributed by atoms with van der Waals surface area (Å²) < 4.78 is 9.14. The van der Waals surface area contributed by atoms with Crippen molar-refractivity contribution in [2.24, 2.45) is 0 Å². The van der Waals surface area contributed by atoms with E-state index in [1.165, 1.54) is 14.2 Å². The summed E-state index contributed by atoms with van der Waals surface area (Å²) >= 11 is 0. The minimum Gasteiger partial charge on any atom is -0.469 e. The van der Waals surface area contributed by atoms with Crippen LogP contribution in [0.15, 0.2) is 54.6 Å². The van der Waals surface area contributed by atoms with E-state index in [1.54, 1.807) is 12.1 Å². The first-order chi connectivity index (χ1) is 12.0. The fraction of sp³-hybridized carbons (Fsp3) is 0.211. The summed E-state index contributed by atoms with van der Waals surface area (Å²) in [5.74, 6) is -1.80. The molecular weight excluding hydrogens is 322 g/mol. The van der Waals surface area contributed by atoms with Crippen molar-refractivity contribution in [1.82, 2.24) is 5.32 Å². The number of carbonyl (C=O) groups is 3. The Morgan fingerprint density at radius 1 is 0.880 bits per heavy atom. The molecule has 0 saturated carbocycles. The van der Waals surface area contributed by atoms with E-state index in [9.17, 15) is 14.4 Å². The van der Waals surface area contributed by atoms with Gasteiger partial charge in [0.1, 0.15) is 6.04 Å². The summed E-state index contributed by atoms with van der Waals surface area (Å²) in [4.78, 5) is 35.4. The van der Waals surface area contributed by atoms with Gasteiger partial charge in [-0.2, -0.15) is 0 Å². The van der Waals surface area contributed by atoms with Gasteiger partial charge >= 0.3 is 11.9 Å². The predicted octanol–water partition coefficient (Wildman–Crippen LogP) is 2.19. The van der Waals surface area contributed by atoms with Crippen LogP contribution < -0.4 is 5.32 Å². The Bertz CT molecular complexity index is 740. The molecule has 0 radical (unpaired) electrons. The molecule has 130 valence electrons. The zero-order valence-electron chi connectivity index (χ0n) is 14.0. The number of rotatable bonds is 6. The third-order valence-electron chi connectivity index (χ3n) is 3.64. The molecule has 0 heterocycles. The molecule has 0 aliphatic rings. The third-order valence-corrected chi connectivity index (χ3v) is 3.64. The predicted molar refractivity (Wildman–Crippen MR) is 91.8 cm³/mol. The zero-order chi connectivity index (χ0) is 18.2. The second-order valence-electron chi connectivity index (χ2n) is 5.27. The van der Waals surface area contributed by atoms with Crippen LogP contribution in [0.1, 0.15) is 16.8 Å². The second kappa shape index (κ2) is 8.63. The van der Waals surface area contributed by atoms with Crippen LogP contribution in [-0.2, 0) is 19.1 Å². The van der Waals surface area contributed by atoms with Gasteiger partial charge < -0.3 is 14.8 Å². The standard InChI is InChI=1S/C19H19NO5/c1-24-17(21)12-16(19(23)25-2)20-18(22)15-10-8-14(9-11-15)13-6-4-3-5-7-13/h3-11,16H,12H2,1-2H3,(H,20,22)/t16-/m1/s1. The second-order valence-corrected chi connectivity index (χ2v) is 5.27. The smallest absolute Gasteiger partial charge is 0.328 e. The van der Waals surface area contributed by atoms with Crippen LogP contribution in [0.3, 0.4) is 0 Å². The quantitative estimate of drug-likeness (QED) is 0.815. The Hall–Kier alpha value is -3.15. The third kappa shape index (κ3) is 4.91. The van der Waals surface area contributed by atoms with Crippen LogP contribution in [0.2, 0.25) is 0 Å². The van der Waals surface area contributed by atoms with Crippen molar-refractivity contribution in [2.45, 2.75) is 12.5 Å². The first-order valence-corrected chi connectivity index (χ1v) is 7.66. The number of esters is 2. The lowest BCUT2D eigenvalue weighted by Crippen LogP contribution is -2.43. The summed E-state index contributed by atoms with van der Waals surface area (Å²) in [7, 11) is 2.40. The minimum absolute atomic E-state index is 0.295. The number of nitrogens with one attached hydrogen (secondary N) is 1. The van der Waals surface area contributed by atoms with Crippen molar-refractivity contribution in [3.05, 3.63) is 60.2 Å². The molecule has 1 amide bonds. The highest BCUT2D eigenvalue weighted by Gasteiger charge is 2.25. The molecule has 0 saturated heterocycles. The fourth-order valence-corrected chi connectivity index (χ4v) is 2.27. The highest BCUT2D eigenvalue weighted by molar-refractivity contribution is 5.98. The topological polar surface area (TPSA) is 81.7 Å². The maximum atomic E-state index is 12.3. The number of ether oxygens (including phenoxy) is 2. The summed E-state index contributed by atoms with van der Waals surface area (Å²) in [6, 6.07) is 15.6. The van der Waals surface area contributed by atoms with Crippen molar-refractivity contribution in [3.8, 4) is 11.1 Å². The fourth-order valence-electron chi connectivity index (χ4n) is 2.27. The number of hydrogen-bond donors (Lipinski definition) is 1. The molecule has 2 aromatic carbocycles. The van der Waals surface area contributed by atoms with Gasteiger partial charge in [0.05, 0.1) is 20.6 Å². The van der Waals surface area contributed by atoms with Crippen molar-refractivity contribution < 1.29 is 23.9 Å². The molecule has 2 aromatic rings. The van der Waals surface area contributed by atoms with E-state index < -0.39 is 23.9 Å². The van der Waals surface area contributed by atoms with E-state index >= 15 is 0 Å². The van der Waals surface area contributed by atoms with Crippen LogP contribution in [0.5, 0.6) is 0 Å². The molecule has 6 heteroatoms. The summed E-state index contributed by atoms with van der Waals surface area (Å²) in [6.45, 7) is 0. The lowest BCUT2D eigenvalue weighted by atomic mass is 10.0. The first kappa shape index (κ1) is 18.2. The van der Waals surface area contributed by atoms with Gasteiger partial charge in [-0.3, -0.25) is 9.59 Å². The molecule has 0 aliphatic carbocycles. The van der Waals surface area contributed by atoms with Crippen LogP contribution in [0, 0.1) is 0 Å². The molecule has 0 unspecified atom stereocenters. The number of hydrogen-bond acceptors (Lipinski definition) is 5. The summed E-state index contributed by atoms with van der Waals surface area (Å²) in [5.41, 5.74) is 2.38. The first-order valence-electron chi connectivity index (χ1n) is 7.66. The minimum atomic E-state index is -1.10. The van der Waals surface area contributed by atoms with Crippen LogP contribution in [-0.4, -0.2) is 38.1 Å². The highest BCUT2D eigenvalue weighted by atomic mass is 16.5. The molecule has 0 aliphatic heterocycles. The number of benzene rings is 2. The highest BCUT2D eigenvalue weighted by Crippen LogP contribution is 2.19. The molecule has 6 nitrogen and oxygen atoms in total. The van der Waals surface area contributed by atoms with Gasteiger partial charge in [-0.05, 0) is 23.3 Å². The van der Waals surface area contributed by atoms with Gasteiger partial charge in [0, 0.05) is 5.56 Å². The molecule has 0 bridgehead atoms. The van der Waals surface area contributed by atoms with Crippen molar-refractivity contribution >= 4 is 17.8 Å². The van der Waals surface area contributed by atoms with E-state index in [2.05, 4.69) is 14.8 Å². The van der Waals surface area contributed by atoms with Gasteiger partial charge in [-0.25, -0.2) is 4.79 Å². The Kier molecular flexibility index (Phi) is 6.28. The van der Waals surface area contributed by atoms with E-state index in [0.717, 1.165) is 11.1 Å². The zero-order valence-corrected chi connectivity index (χ0v) is 14.0. The van der Waals surface area contributed by atoms with Crippen LogP contribution in [0.4, 0.5) is 0 Å². The van der Waals surface area contributed by atoms with Crippen molar-refractivity contribution in [1.29, 1.82) is 0 Å². The Labute approximate surface area is 145 Å². The number of carbonyl (C=O) groups excluding carboxylic acids is 3. The van der Waals surface area contributed by atoms with E-state index in [-0.39, 0.29) is 6.42 Å². The van der Waals surface area contributed by atoms with E-state index in [0.29, 0.717) is 5.56 Å². The number of methoxy groups -OCH3 is 2. The van der Waals surface area contributed by atoms with Gasteiger partial charge in [0.2, 0.25) is 0 Å². The molecular formula is C19H19NO5. The number of amides is 1. The van der Waals surface area contributed by atoms with Gasteiger partial charge in [-0.15, -0.1) is 0 Å². The van der Waals surface area contributed by atoms with E-state index in [4.69, 9.17) is 0 Å². The van der Waals surface area contributed by atoms with Crippen molar-refractivity contribution in [3.63, 3.8) is 0 Å². The van der Waals surface area contributed by atoms with Crippen LogP contribution >= 0.6 is 0 Å². The lowest BCUT2D eigenvalue weighted by molar-refractivity contribution is -0.149. The monoisotopic (exact) mass is 341 g/mol.